The van der Waals surface area contributed by atoms with Crippen LogP contribution < -0.4 is 0 Å². The van der Waals surface area contributed by atoms with Gasteiger partial charge in [-0.25, -0.2) is 0 Å². The molecule has 0 radical (unpaired) electrons. The van der Waals surface area contributed by atoms with Gasteiger partial charge in [-0.05, 0) is 53.9 Å². The quantitative estimate of drug-likeness (QED) is 0.497. The van der Waals surface area contributed by atoms with Crippen LogP contribution >= 0.6 is 0 Å². The standard InChI is InChI=1S/C21H19NO2/c1-21(2,3)24-20(23)18(13-22)19-16-10-6-4-8-14(16)12-15-9-5-7-11-17(15)19/h4-12,18H,1-3H3. The Morgan fingerprint density at radius 3 is 1.96 bits per heavy atom. The number of fused-ring (bicyclic) bond motifs is 2. The van der Waals surface area contributed by atoms with Crippen molar-refractivity contribution in [1.82, 2.24) is 0 Å². The summed E-state index contributed by atoms with van der Waals surface area (Å²) in [6.45, 7) is 5.42. The highest BCUT2D eigenvalue weighted by molar-refractivity contribution is 6.06. The Morgan fingerprint density at radius 1 is 1.00 bits per heavy atom. The first-order valence-corrected chi connectivity index (χ1v) is 7.93. The lowest BCUT2D eigenvalue weighted by Gasteiger charge is -2.22. The lowest BCUT2D eigenvalue weighted by atomic mass is 9.89. The van der Waals surface area contributed by atoms with Crippen molar-refractivity contribution in [3.8, 4) is 6.07 Å². The normalized spacial score (nSPS) is 12.8. The fraction of sp³-hybridized carbons (Fsp3) is 0.238. The molecule has 3 aromatic carbocycles. The zero-order valence-corrected chi connectivity index (χ0v) is 14.0. The van der Waals surface area contributed by atoms with Crippen molar-refractivity contribution in [3.05, 3.63) is 60.2 Å². The van der Waals surface area contributed by atoms with E-state index in [1.54, 1.807) is 20.8 Å². The number of carbonyl (C=O) groups is 1. The van der Waals surface area contributed by atoms with E-state index in [9.17, 15) is 10.1 Å². The number of hydrogen-bond acceptors (Lipinski definition) is 3. The maximum atomic E-state index is 12.6. The third kappa shape index (κ3) is 2.96. The third-order valence-corrected chi connectivity index (χ3v) is 3.87. The lowest BCUT2D eigenvalue weighted by molar-refractivity contribution is -0.155. The van der Waals surface area contributed by atoms with Crippen molar-refractivity contribution in [2.45, 2.75) is 32.3 Å². The molecule has 1 unspecified atom stereocenters. The first-order valence-electron chi connectivity index (χ1n) is 7.93. The Hall–Kier alpha value is -2.86. The van der Waals surface area contributed by atoms with Crippen LogP contribution in [0.4, 0.5) is 0 Å². The van der Waals surface area contributed by atoms with E-state index >= 15 is 0 Å². The van der Waals surface area contributed by atoms with E-state index in [0.29, 0.717) is 0 Å². The Balaban J connectivity index is 2.28. The van der Waals surface area contributed by atoms with E-state index in [0.717, 1.165) is 27.1 Å². The fourth-order valence-corrected chi connectivity index (χ4v) is 2.96. The van der Waals surface area contributed by atoms with Crippen LogP contribution in [0.1, 0.15) is 32.3 Å². The summed E-state index contributed by atoms with van der Waals surface area (Å²) in [5.41, 5.74) is 0.0903. The Kier molecular flexibility index (Phi) is 3.99. The summed E-state index contributed by atoms with van der Waals surface area (Å²) in [4.78, 5) is 12.6. The zero-order chi connectivity index (χ0) is 17.3. The van der Waals surface area contributed by atoms with Crippen LogP contribution in [-0.4, -0.2) is 11.6 Å². The second-order valence-corrected chi connectivity index (χ2v) is 6.83. The Bertz CT molecular complexity index is 907. The largest absolute Gasteiger partial charge is 0.459 e. The molecule has 0 saturated heterocycles. The molecule has 0 fully saturated rings. The minimum atomic E-state index is -0.958. The van der Waals surface area contributed by atoms with Gasteiger partial charge in [0.1, 0.15) is 5.60 Å². The smallest absolute Gasteiger partial charge is 0.328 e. The van der Waals surface area contributed by atoms with E-state index in [4.69, 9.17) is 4.74 Å². The highest BCUT2D eigenvalue weighted by Gasteiger charge is 2.29. The Labute approximate surface area is 141 Å². The molecule has 0 amide bonds. The van der Waals surface area contributed by atoms with Crippen molar-refractivity contribution < 1.29 is 9.53 Å². The van der Waals surface area contributed by atoms with Crippen molar-refractivity contribution >= 4 is 27.5 Å². The second-order valence-electron chi connectivity index (χ2n) is 6.83. The molecule has 0 aliphatic carbocycles. The van der Waals surface area contributed by atoms with Crippen LogP contribution in [0.5, 0.6) is 0 Å². The molecule has 0 saturated carbocycles. The summed E-state index contributed by atoms with van der Waals surface area (Å²) in [6, 6.07) is 19.9. The second kappa shape index (κ2) is 5.98. The molecular formula is C21H19NO2. The maximum Gasteiger partial charge on any atom is 0.328 e. The van der Waals surface area contributed by atoms with Gasteiger partial charge in [0, 0.05) is 0 Å². The molecule has 24 heavy (non-hydrogen) atoms. The van der Waals surface area contributed by atoms with Crippen molar-refractivity contribution in [3.63, 3.8) is 0 Å². The SMILES string of the molecule is CC(C)(C)OC(=O)C(C#N)c1c2ccccc2cc2ccccc12. The molecule has 3 aromatic rings. The summed E-state index contributed by atoms with van der Waals surface area (Å²) in [5.74, 6) is -1.47. The van der Waals surface area contributed by atoms with Gasteiger partial charge in [0.15, 0.2) is 5.92 Å². The minimum absolute atomic E-state index is 0.508. The van der Waals surface area contributed by atoms with Gasteiger partial charge in [-0.15, -0.1) is 0 Å². The van der Waals surface area contributed by atoms with Crippen LogP contribution in [-0.2, 0) is 9.53 Å². The van der Waals surface area contributed by atoms with Gasteiger partial charge >= 0.3 is 5.97 Å². The van der Waals surface area contributed by atoms with Crippen molar-refractivity contribution in [2.24, 2.45) is 0 Å². The molecule has 0 bridgehead atoms. The number of nitriles is 1. The topological polar surface area (TPSA) is 50.1 Å². The van der Waals surface area contributed by atoms with Gasteiger partial charge in [-0.1, -0.05) is 48.5 Å². The molecule has 3 nitrogen and oxygen atoms in total. The van der Waals surface area contributed by atoms with Gasteiger partial charge in [-0.3, -0.25) is 4.79 Å². The van der Waals surface area contributed by atoms with Crippen LogP contribution in [0.25, 0.3) is 21.5 Å². The fourth-order valence-electron chi connectivity index (χ4n) is 2.96. The molecule has 0 heterocycles. The molecule has 0 aliphatic rings. The number of rotatable bonds is 2. The van der Waals surface area contributed by atoms with Gasteiger partial charge in [-0.2, -0.15) is 5.26 Å². The van der Waals surface area contributed by atoms with Gasteiger partial charge in [0.2, 0.25) is 0 Å². The Morgan fingerprint density at radius 2 is 1.50 bits per heavy atom. The van der Waals surface area contributed by atoms with E-state index in [1.165, 1.54) is 0 Å². The summed E-state index contributed by atoms with van der Waals surface area (Å²) in [7, 11) is 0. The molecule has 120 valence electrons. The molecule has 3 rings (SSSR count). The van der Waals surface area contributed by atoms with Crippen molar-refractivity contribution in [2.75, 3.05) is 0 Å². The van der Waals surface area contributed by atoms with Crippen LogP contribution in [0, 0.1) is 11.3 Å². The highest BCUT2D eigenvalue weighted by Crippen LogP contribution is 2.34. The number of hydrogen-bond donors (Lipinski definition) is 0. The summed E-state index contributed by atoms with van der Waals surface area (Å²) in [5, 5.41) is 13.6. The van der Waals surface area contributed by atoms with Crippen molar-refractivity contribution in [1.29, 1.82) is 5.26 Å². The monoisotopic (exact) mass is 317 g/mol. The van der Waals surface area contributed by atoms with E-state index in [-0.39, 0.29) is 0 Å². The minimum Gasteiger partial charge on any atom is -0.459 e. The number of nitrogens with zero attached hydrogens (tertiary/aromatic N) is 1. The molecule has 0 aromatic heterocycles. The van der Waals surface area contributed by atoms with E-state index < -0.39 is 17.5 Å². The molecule has 0 spiro atoms. The molecule has 3 heteroatoms. The first kappa shape index (κ1) is 16.0. The summed E-state index contributed by atoms with van der Waals surface area (Å²) < 4.78 is 5.48. The molecular weight excluding hydrogens is 298 g/mol. The number of ether oxygens (including phenoxy) is 1. The summed E-state index contributed by atoms with van der Waals surface area (Å²) >= 11 is 0. The van der Waals surface area contributed by atoms with Gasteiger partial charge in [0.05, 0.1) is 6.07 Å². The first-order chi connectivity index (χ1) is 11.4. The van der Waals surface area contributed by atoms with Crippen LogP contribution in [0.15, 0.2) is 54.6 Å². The average Bonchev–Trinajstić information content (AvgIpc) is 2.53. The number of esters is 1. The van der Waals surface area contributed by atoms with Crippen LogP contribution in [0.3, 0.4) is 0 Å². The lowest BCUT2D eigenvalue weighted by Crippen LogP contribution is -2.27. The predicted molar refractivity (Wildman–Crippen MR) is 95.7 cm³/mol. The third-order valence-electron chi connectivity index (χ3n) is 3.87. The van der Waals surface area contributed by atoms with Gasteiger partial charge < -0.3 is 4.74 Å². The number of benzene rings is 3. The van der Waals surface area contributed by atoms with Crippen LogP contribution in [0.2, 0.25) is 0 Å². The molecule has 1 atom stereocenters. The van der Waals surface area contributed by atoms with E-state index in [2.05, 4.69) is 12.1 Å². The predicted octanol–water partition coefficient (Wildman–Crippen LogP) is 4.94. The van der Waals surface area contributed by atoms with E-state index in [1.807, 2.05) is 48.5 Å². The maximum absolute atomic E-state index is 12.6. The molecule has 0 aliphatic heterocycles. The zero-order valence-electron chi connectivity index (χ0n) is 14.0. The summed E-state index contributed by atoms with van der Waals surface area (Å²) in [6.07, 6.45) is 0. The molecule has 0 N–H and O–H groups in total. The highest BCUT2D eigenvalue weighted by atomic mass is 16.6. The number of carbonyl (C=O) groups excluding carboxylic acids is 1. The van der Waals surface area contributed by atoms with Gasteiger partial charge in [0.25, 0.3) is 0 Å². The average molecular weight is 317 g/mol.